The van der Waals surface area contributed by atoms with Gasteiger partial charge in [0.2, 0.25) is 0 Å². The molecule has 0 aliphatic carbocycles. The molecular weight excluding hydrogens is 346 g/mol. The van der Waals surface area contributed by atoms with Crippen molar-refractivity contribution in [2.24, 2.45) is 0 Å². The van der Waals surface area contributed by atoms with Crippen LogP contribution in [-0.4, -0.2) is 45.3 Å². The Morgan fingerprint density at radius 2 is 1.92 bits per heavy atom. The molecule has 1 N–H and O–H groups in total. The third kappa shape index (κ3) is 3.95. The number of aromatic nitrogens is 2. The number of para-hydroxylation sites is 1. The van der Waals surface area contributed by atoms with E-state index in [9.17, 15) is 27.2 Å². The molecule has 1 aromatic carbocycles. The Kier molecular flexibility index (Phi) is 5.10. The highest BCUT2D eigenvalue weighted by atomic mass is 19.4. The zero-order valence-corrected chi connectivity index (χ0v) is 12.9. The average molecular weight is 359 g/mol. The van der Waals surface area contributed by atoms with Crippen LogP contribution < -0.4 is 0 Å². The first-order chi connectivity index (χ1) is 11.6. The molecule has 0 saturated heterocycles. The van der Waals surface area contributed by atoms with Gasteiger partial charge in [0.25, 0.3) is 5.91 Å². The highest BCUT2D eigenvalue weighted by Crippen LogP contribution is 2.34. The third-order valence-electron chi connectivity index (χ3n) is 3.36. The fourth-order valence-corrected chi connectivity index (χ4v) is 2.15. The van der Waals surface area contributed by atoms with Gasteiger partial charge in [-0.2, -0.15) is 18.3 Å². The molecule has 134 valence electrons. The Labute approximate surface area is 139 Å². The lowest BCUT2D eigenvalue weighted by Gasteiger charge is -2.18. The normalized spacial score (nSPS) is 11.4. The van der Waals surface area contributed by atoms with Crippen molar-refractivity contribution in [1.29, 1.82) is 0 Å². The topological polar surface area (TPSA) is 75.4 Å². The predicted molar refractivity (Wildman–Crippen MR) is 77.7 cm³/mol. The molecule has 0 saturated carbocycles. The van der Waals surface area contributed by atoms with Crippen molar-refractivity contribution >= 4 is 11.9 Å². The van der Waals surface area contributed by atoms with Gasteiger partial charge in [-0.05, 0) is 12.1 Å². The predicted octanol–water partition coefficient (Wildman–Crippen LogP) is 2.58. The second-order valence-corrected chi connectivity index (χ2v) is 5.14. The lowest BCUT2D eigenvalue weighted by atomic mass is 10.2. The Bertz CT molecular complexity index is 802. The summed E-state index contributed by atoms with van der Waals surface area (Å²) in [4.78, 5) is 23.6. The minimum absolute atomic E-state index is 0.281. The van der Waals surface area contributed by atoms with E-state index >= 15 is 0 Å². The lowest BCUT2D eigenvalue weighted by Crippen LogP contribution is -2.31. The molecule has 25 heavy (non-hydrogen) atoms. The maximum absolute atomic E-state index is 13.8. The van der Waals surface area contributed by atoms with Crippen LogP contribution in [0.4, 0.5) is 17.6 Å². The van der Waals surface area contributed by atoms with Gasteiger partial charge in [0.05, 0.1) is 18.2 Å². The smallest absolute Gasteiger partial charge is 0.434 e. The summed E-state index contributed by atoms with van der Waals surface area (Å²) in [6, 6.07) is 4.71. The van der Waals surface area contributed by atoms with Crippen molar-refractivity contribution in [3.8, 4) is 5.69 Å². The van der Waals surface area contributed by atoms with Crippen LogP contribution in [0.25, 0.3) is 5.69 Å². The van der Waals surface area contributed by atoms with E-state index in [4.69, 9.17) is 5.11 Å². The number of halogens is 4. The fraction of sp³-hybridized carbons (Fsp3) is 0.267. The number of aliphatic carboxylic acids is 1. The van der Waals surface area contributed by atoms with Crippen molar-refractivity contribution in [3.63, 3.8) is 0 Å². The quantitative estimate of drug-likeness (QED) is 0.833. The number of carboxylic acid groups (broad SMARTS) is 1. The van der Waals surface area contributed by atoms with Crippen LogP contribution in [0.2, 0.25) is 0 Å². The second kappa shape index (κ2) is 6.91. The van der Waals surface area contributed by atoms with Gasteiger partial charge in [-0.15, -0.1) is 0 Å². The van der Waals surface area contributed by atoms with Crippen LogP contribution >= 0.6 is 0 Å². The molecular formula is C15H13F4N3O3. The van der Waals surface area contributed by atoms with E-state index in [0.29, 0.717) is 10.9 Å². The standard InChI is InChI=1S/C15H13F4N3O3/c1-21(7-6-12(23)24)14(25)9-8-20-22(13(9)15(17,18)19)11-5-3-2-4-10(11)16/h2-5,8H,6-7H2,1H3,(H,23,24). The fourth-order valence-electron chi connectivity index (χ4n) is 2.15. The van der Waals surface area contributed by atoms with Crippen LogP contribution in [0.3, 0.4) is 0 Å². The van der Waals surface area contributed by atoms with Crippen LogP contribution in [0.5, 0.6) is 0 Å². The van der Waals surface area contributed by atoms with Gasteiger partial charge in [-0.25, -0.2) is 9.07 Å². The number of rotatable bonds is 5. The summed E-state index contributed by atoms with van der Waals surface area (Å²) in [7, 11) is 1.17. The van der Waals surface area contributed by atoms with E-state index in [1.165, 1.54) is 19.2 Å². The molecule has 2 rings (SSSR count). The number of carboxylic acids is 1. The first-order valence-electron chi connectivity index (χ1n) is 7.00. The van der Waals surface area contributed by atoms with Crippen LogP contribution in [0, 0.1) is 5.82 Å². The monoisotopic (exact) mass is 359 g/mol. The van der Waals surface area contributed by atoms with Gasteiger partial charge >= 0.3 is 12.1 Å². The van der Waals surface area contributed by atoms with E-state index in [1.807, 2.05) is 0 Å². The van der Waals surface area contributed by atoms with Crippen molar-refractivity contribution in [1.82, 2.24) is 14.7 Å². The zero-order chi connectivity index (χ0) is 18.8. The van der Waals surface area contributed by atoms with Gasteiger partial charge in [-0.1, -0.05) is 12.1 Å². The highest BCUT2D eigenvalue weighted by molar-refractivity contribution is 5.95. The largest absolute Gasteiger partial charge is 0.481 e. The van der Waals surface area contributed by atoms with Crippen molar-refractivity contribution < 1.29 is 32.3 Å². The highest BCUT2D eigenvalue weighted by Gasteiger charge is 2.41. The van der Waals surface area contributed by atoms with E-state index in [1.54, 1.807) is 0 Å². The SMILES string of the molecule is CN(CCC(=O)O)C(=O)c1cnn(-c2ccccc2F)c1C(F)(F)F. The number of alkyl halides is 3. The molecule has 0 spiro atoms. The van der Waals surface area contributed by atoms with Crippen molar-refractivity contribution in [2.45, 2.75) is 12.6 Å². The molecule has 1 heterocycles. The van der Waals surface area contributed by atoms with Crippen molar-refractivity contribution in [2.75, 3.05) is 13.6 Å². The van der Waals surface area contributed by atoms with Gasteiger partial charge in [0.15, 0.2) is 5.69 Å². The summed E-state index contributed by atoms with van der Waals surface area (Å²) < 4.78 is 54.5. The molecule has 2 aromatic rings. The number of carbonyl (C=O) groups excluding carboxylic acids is 1. The molecule has 0 aliphatic rings. The Morgan fingerprint density at radius 1 is 1.28 bits per heavy atom. The molecule has 0 atom stereocenters. The van der Waals surface area contributed by atoms with Crippen LogP contribution in [0.1, 0.15) is 22.5 Å². The van der Waals surface area contributed by atoms with E-state index in [2.05, 4.69) is 5.10 Å². The van der Waals surface area contributed by atoms with E-state index < -0.39 is 47.2 Å². The molecule has 10 heteroatoms. The Hall–Kier alpha value is -2.91. The Morgan fingerprint density at radius 3 is 2.48 bits per heavy atom. The molecule has 0 aliphatic heterocycles. The van der Waals surface area contributed by atoms with Gasteiger partial charge in [-0.3, -0.25) is 9.59 Å². The molecule has 0 bridgehead atoms. The number of hydrogen-bond donors (Lipinski definition) is 1. The maximum atomic E-state index is 13.8. The van der Waals surface area contributed by atoms with Gasteiger partial charge < -0.3 is 10.0 Å². The summed E-state index contributed by atoms with van der Waals surface area (Å²) in [6.07, 6.45) is -4.71. The number of amides is 1. The third-order valence-corrected chi connectivity index (χ3v) is 3.36. The molecule has 6 nitrogen and oxygen atoms in total. The van der Waals surface area contributed by atoms with Gasteiger partial charge in [0, 0.05) is 13.6 Å². The first-order valence-corrected chi connectivity index (χ1v) is 7.00. The summed E-state index contributed by atoms with van der Waals surface area (Å²) in [5.41, 5.74) is -2.67. The number of benzene rings is 1. The molecule has 0 unspecified atom stereocenters. The number of carbonyl (C=O) groups is 2. The molecule has 1 aromatic heterocycles. The maximum Gasteiger partial charge on any atom is 0.434 e. The molecule has 0 fully saturated rings. The van der Waals surface area contributed by atoms with Crippen LogP contribution in [-0.2, 0) is 11.0 Å². The van der Waals surface area contributed by atoms with E-state index in [-0.39, 0.29) is 6.54 Å². The minimum Gasteiger partial charge on any atom is -0.481 e. The average Bonchev–Trinajstić information content (AvgIpc) is 2.97. The van der Waals surface area contributed by atoms with Crippen molar-refractivity contribution in [3.05, 3.63) is 47.5 Å². The lowest BCUT2D eigenvalue weighted by molar-refractivity contribution is -0.143. The number of hydrogen-bond acceptors (Lipinski definition) is 3. The minimum atomic E-state index is -4.97. The summed E-state index contributed by atoms with van der Waals surface area (Å²) in [5, 5.41) is 12.1. The van der Waals surface area contributed by atoms with E-state index in [0.717, 1.165) is 17.0 Å². The summed E-state index contributed by atoms with van der Waals surface area (Å²) >= 11 is 0. The summed E-state index contributed by atoms with van der Waals surface area (Å²) in [5.74, 6) is -3.19. The second-order valence-electron chi connectivity index (χ2n) is 5.14. The summed E-state index contributed by atoms with van der Waals surface area (Å²) in [6.45, 7) is -0.281. The first kappa shape index (κ1) is 18.4. The molecule has 1 amide bonds. The van der Waals surface area contributed by atoms with Gasteiger partial charge in [0.1, 0.15) is 11.5 Å². The Balaban J connectivity index is 2.49. The van der Waals surface area contributed by atoms with Crippen LogP contribution in [0.15, 0.2) is 30.5 Å². The number of nitrogens with zero attached hydrogens (tertiary/aromatic N) is 3. The molecule has 0 radical (unpaired) electrons. The zero-order valence-electron chi connectivity index (χ0n) is 12.9.